The van der Waals surface area contributed by atoms with E-state index in [0.29, 0.717) is 6.54 Å². The number of rotatable bonds is 5. The highest BCUT2D eigenvalue weighted by Gasteiger charge is 2.11. The van der Waals surface area contributed by atoms with Crippen molar-refractivity contribution < 1.29 is 4.79 Å². The van der Waals surface area contributed by atoms with E-state index in [4.69, 9.17) is 5.73 Å². The van der Waals surface area contributed by atoms with Gasteiger partial charge in [0.15, 0.2) is 0 Å². The van der Waals surface area contributed by atoms with Crippen molar-refractivity contribution in [3.8, 4) is 0 Å². The predicted octanol–water partition coefficient (Wildman–Crippen LogP) is 2.10. The van der Waals surface area contributed by atoms with Crippen molar-refractivity contribution in [1.82, 2.24) is 10.3 Å². The summed E-state index contributed by atoms with van der Waals surface area (Å²) < 4.78 is 0. The Morgan fingerprint density at radius 1 is 1.25 bits per heavy atom. The first-order valence-electron chi connectivity index (χ1n) is 6.64. The Morgan fingerprint density at radius 3 is 2.70 bits per heavy atom. The van der Waals surface area contributed by atoms with Gasteiger partial charge in [-0.15, -0.1) is 0 Å². The van der Waals surface area contributed by atoms with Crippen LogP contribution in [0.15, 0.2) is 48.7 Å². The van der Waals surface area contributed by atoms with Crippen LogP contribution in [-0.4, -0.2) is 10.9 Å². The van der Waals surface area contributed by atoms with Crippen LogP contribution in [0.2, 0.25) is 0 Å². The summed E-state index contributed by atoms with van der Waals surface area (Å²) in [5.41, 5.74) is 8.94. The van der Waals surface area contributed by atoms with Gasteiger partial charge in [0.1, 0.15) is 0 Å². The molecule has 0 aliphatic rings. The maximum atomic E-state index is 11.9. The number of benzene rings is 1. The molecule has 1 amide bonds. The third kappa shape index (κ3) is 3.90. The number of carbonyl (C=O) groups is 1. The molecule has 3 N–H and O–H groups in total. The third-order valence-electron chi connectivity index (χ3n) is 3.20. The fourth-order valence-electron chi connectivity index (χ4n) is 1.98. The minimum Gasteiger partial charge on any atom is -0.350 e. The molecule has 2 aromatic rings. The predicted molar refractivity (Wildman–Crippen MR) is 78.8 cm³/mol. The molecule has 104 valence electrons. The number of aromatic nitrogens is 1. The molecule has 20 heavy (non-hydrogen) atoms. The molecule has 0 bridgehead atoms. The zero-order valence-corrected chi connectivity index (χ0v) is 11.5. The van der Waals surface area contributed by atoms with Crippen LogP contribution in [0.25, 0.3) is 0 Å². The monoisotopic (exact) mass is 269 g/mol. The summed E-state index contributed by atoms with van der Waals surface area (Å²) >= 11 is 0. The molecular formula is C16H19N3O. The number of nitrogens with two attached hydrogens (primary N) is 1. The first-order chi connectivity index (χ1) is 9.66. The molecule has 0 spiro atoms. The third-order valence-corrected chi connectivity index (χ3v) is 3.20. The molecule has 4 nitrogen and oxygen atoms in total. The molecule has 4 heteroatoms. The van der Waals surface area contributed by atoms with Gasteiger partial charge in [-0.3, -0.25) is 9.78 Å². The summed E-state index contributed by atoms with van der Waals surface area (Å²) in [5, 5.41) is 2.86. The van der Waals surface area contributed by atoms with Gasteiger partial charge in [-0.25, -0.2) is 0 Å². The Hall–Kier alpha value is -2.20. The summed E-state index contributed by atoms with van der Waals surface area (Å²) in [6.45, 7) is 2.41. The summed E-state index contributed by atoms with van der Waals surface area (Å²) in [6, 6.07) is 13.2. The number of nitrogens with one attached hydrogen (secondary N) is 1. The highest BCUT2D eigenvalue weighted by Crippen LogP contribution is 2.13. The molecule has 1 heterocycles. The molecule has 2 rings (SSSR count). The quantitative estimate of drug-likeness (QED) is 0.873. The summed E-state index contributed by atoms with van der Waals surface area (Å²) in [6.07, 6.45) is 2.00. The molecule has 0 saturated heterocycles. The van der Waals surface area contributed by atoms with E-state index in [1.165, 1.54) is 0 Å². The number of pyridine rings is 1. The van der Waals surface area contributed by atoms with Crippen molar-refractivity contribution in [1.29, 1.82) is 0 Å². The van der Waals surface area contributed by atoms with Gasteiger partial charge in [0.2, 0.25) is 5.91 Å². The molecular weight excluding hydrogens is 250 g/mol. The van der Waals surface area contributed by atoms with Gasteiger partial charge in [0.05, 0.1) is 12.2 Å². The molecule has 1 aromatic carbocycles. The van der Waals surface area contributed by atoms with Gasteiger partial charge in [0, 0.05) is 18.7 Å². The van der Waals surface area contributed by atoms with Crippen LogP contribution in [0, 0.1) is 6.92 Å². The fourth-order valence-corrected chi connectivity index (χ4v) is 1.98. The normalized spacial score (nSPS) is 11.9. The van der Waals surface area contributed by atoms with E-state index in [0.717, 1.165) is 16.8 Å². The van der Waals surface area contributed by atoms with Gasteiger partial charge < -0.3 is 11.1 Å². The fraction of sp³-hybridized carbons (Fsp3) is 0.250. The van der Waals surface area contributed by atoms with E-state index < -0.39 is 0 Å². The number of hydrogen-bond acceptors (Lipinski definition) is 3. The maximum absolute atomic E-state index is 11.9. The van der Waals surface area contributed by atoms with Crippen LogP contribution in [0.4, 0.5) is 0 Å². The van der Waals surface area contributed by atoms with E-state index in [1.807, 2.05) is 49.4 Å². The molecule has 1 atom stereocenters. The van der Waals surface area contributed by atoms with Gasteiger partial charge >= 0.3 is 0 Å². The highest BCUT2D eigenvalue weighted by atomic mass is 16.1. The van der Waals surface area contributed by atoms with Crippen molar-refractivity contribution in [2.45, 2.75) is 25.9 Å². The SMILES string of the molecule is Cc1cccnc1CNC(=O)CC(N)c1ccccc1. The van der Waals surface area contributed by atoms with Crippen LogP contribution in [0.1, 0.15) is 29.3 Å². The van der Waals surface area contributed by atoms with Crippen molar-refractivity contribution in [2.24, 2.45) is 5.73 Å². The average molecular weight is 269 g/mol. The van der Waals surface area contributed by atoms with Crippen LogP contribution in [0.5, 0.6) is 0 Å². The van der Waals surface area contributed by atoms with Gasteiger partial charge in [-0.05, 0) is 24.1 Å². The van der Waals surface area contributed by atoms with E-state index in [-0.39, 0.29) is 18.4 Å². The van der Waals surface area contributed by atoms with E-state index >= 15 is 0 Å². The molecule has 1 unspecified atom stereocenters. The molecule has 0 radical (unpaired) electrons. The zero-order chi connectivity index (χ0) is 14.4. The van der Waals surface area contributed by atoms with Gasteiger partial charge in [-0.2, -0.15) is 0 Å². The Kier molecular flexibility index (Phi) is 4.85. The zero-order valence-electron chi connectivity index (χ0n) is 11.5. The maximum Gasteiger partial charge on any atom is 0.222 e. The lowest BCUT2D eigenvalue weighted by atomic mass is 10.0. The van der Waals surface area contributed by atoms with E-state index in [2.05, 4.69) is 10.3 Å². The molecule has 0 aliphatic carbocycles. The van der Waals surface area contributed by atoms with Crippen LogP contribution in [0.3, 0.4) is 0 Å². The first kappa shape index (κ1) is 14.2. The van der Waals surface area contributed by atoms with Gasteiger partial charge in [0.25, 0.3) is 0 Å². The van der Waals surface area contributed by atoms with Crippen LogP contribution in [-0.2, 0) is 11.3 Å². The van der Waals surface area contributed by atoms with Crippen molar-refractivity contribution in [3.63, 3.8) is 0 Å². The molecule has 0 aliphatic heterocycles. The number of carbonyl (C=O) groups excluding carboxylic acids is 1. The lowest BCUT2D eigenvalue weighted by Gasteiger charge is -2.12. The minimum atomic E-state index is -0.277. The Bertz CT molecular complexity index is 569. The van der Waals surface area contributed by atoms with Crippen LogP contribution >= 0.6 is 0 Å². The minimum absolute atomic E-state index is 0.0635. The number of hydrogen-bond donors (Lipinski definition) is 2. The number of nitrogens with zero attached hydrogens (tertiary/aromatic N) is 1. The second-order valence-corrected chi connectivity index (χ2v) is 4.77. The highest BCUT2D eigenvalue weighted by molar-refractivity contribution is 5.76. The molecule has 1 aromatic heterocycles. The number of amides is 1. The lowest BCUT2D eigenvalue weighted by molar-refractivity contribution is -0.121. The lowest BCUT2D eigenvalue weighted by Crippen LogP contribution is -2.27. The standard InChI is InChI=1S/C16H19N3O/c1-12-6-5-9-18-15(12)11-19-16(20)10-14(17)13-7-3-2-4-8-13/h2-9,14H,10-11,17H2,1H3,(H,19,20). The average Bonchev–Trinajstić information content (AvgIpc) is 2.47. The Labute approximate surface area is 119 Å². The Balaban J connectivity index is 1.86. The van der Waals surface area contributed by atoms with Crippen molar-refractivity contribution in [2.75, 3.05) is 0 Å². The number of aryl methyl sites for hydroxylation is 1. The van der Waals surface area contributed by atoms with Crippen molar-refractivity contribution >= 4 is 5.91 Å². The van der Waals surface area contributed by atoms with Crippen LogP contribution < -0.4 is 11.1 Å². The topological polar surface area (TPSA) is 68.0 Å². The summed E-state index contributed by atoms with van der Waals surface area (Å²) in [4.78, 5) is 16.1. The first-order valence-corrected chi connectivity index (χ1v) is 6.64. The van der Waals surface area contributed by atoms with E-state index in [1.54, 1.807) is 6.20 Å². The smallest absolute Gasteiger partial charge is 0.222 e. The largest absolute Gasteiger partial charge is 0.350 e. The van der Waals surface area contributed by atoms with Crippen molar-refractivity contribution in [3.05, 3.63) is 65.5 Å². The van der Waals surface area contributed by atoms with Gasteiger partial charge in [-0.1, -0.05) is 36.4 Å². The summed E-state index contributed by atoms with van der Waals surface area (Å²) in [7, 11) is 0. The van der Waals surface area contributed by atoms with E-state index in [9.17, 15) is 4.79 Å². The Morgan fingerprint density at radius 2 is 2.00 bits per heavy atom. The second kappa shape index (κ2) is 6.82. The molecule has 0 fully saturated rings. The summed E-state index contributed by atoms with van der Waals surface area (Å²) in [5.74, 6) is -0.0635. The second-order valence-electron chi connectivity index (χ2n) is 4.77. The molecule has 0 saturated carbocycles.